The second kappa shape index (κ2) is 6.56. The zero-order valence-corrected chi connectivity index (χ0v) is 12.0. The van der Waals surface area contributed by atoms with Crippen LogP contribution in [0.3, 0.4) is 0 Å². The largest absolute Gasteiger partial charge is 0.399 e. The van der Waals surface area contributed by atoms with Gasteiger partial charge >= 0.3 is 0 Å². The van der Waals surface area contributed by atoms with Gasteiger partial charge in [0.15, 0.2) is 9.84 Å². The Kier molecular flexibility index (Phi) is 5.35. The minimum atomic E-state index is -3.64. The van der Waals surface area contributed by atoms with E-state index in [9.17, 15) is 13.2 Å². The lowest BCUT2D eigenvalue weighted by atomic mass is 10.2. The summed E-state index contributed by atoms with van der Waals surface area (Å²) in [6.07, 6.45) is 1.56. The lowest BCUT2D eigenvalue weighted by Crippen LogP contribution is -2.37. The Morgan fingerprint density at radius 2 is 1.95 bits per heavy atom. The number of nitrogens with two attached hydrogens (primary N) is 1. The first kappa shape index (κ1) is 15.5. The monoisotopic (exact) mass is 284 g/mol. The quantitative estimate of drug-likeness (QED) is 0.772. The molecule has 0 bridgehead atoms. The van der Waals surface area contributed by atoms with Crippen molar-refractivity contribution < 1.29 is 13.2 Å². The molecule has 0 spiro atoms. The number of hydrogen-bond acceptors (Lipinski definition) is 4. The molecule has 0 saturated heterocycles. The van der Waals surface area contributed by atoms with E-state index in [1.165, 1.54) is 12.1 Å². The third-order valence-corrected chi connectivity index (χ3v) is 4.50. The second-order valence-corrected chi connectivity index (χ2v) is 6.40. The summed E-state index contributed by atoms with van der Waals surface area (Å²) in [7, 11) is -3.64. The SMILES string of the molecule is CCC(CC)NC(=O)CS(=O)(=O)c1cccc(N)c1. The van der Waals surface area contributed by atoms with Crippen molar-refractivity contribution in [2.75, 3.05) is 11.5 Å². The summed E-state index contributed by atoms with van der Waals surface area (Å²) in [6.45, 7) is 3.89. The number of amides is 1. The molecule has 1 amide bonds. The Labute approximate surface area is 114 Å². The van der Waals surface area contributed by atoms with Crippen molar-refractivity contribution in [1.29, 1.82) is 0 Å². The fourth-order valence-corrected chi connectivity index (χ4v) is 2.92. The van der Waals surface area contributed by atoms with Gasteiger partial charge in [0.1, 0.15) is 5.75 Å². The van der Waals surface area contributed by atoms with Crippen LogP contribution in [0.25, 0.3) is 0 Å². The van der Waals surface area contributed by atoms with E-state index in [4.69, 9.17) is 5.73 Å². The van der Waals surface area contributed by atoms with Gasteiger partial charge < -0.3 is 11.1 Å². The molecule has 0 unspecified atom stereocenters. The molecule has 0 aliphatic heterocycles. The summed E-state index contributed by atoms with van der Waals surface area (Å²) in [6, 6.07) is 5.98. The van der Waals surface area contributed by atoms with Gasteiger partial charge in [-0.25, -0.2) is 8.42 Å². The van der Waals surface area contributed by atoms with Crippen molar-refractivity contribution in [3.05, 3.63) is 24.3 Å². The molecule has 0 aliphatic rings. The summed E-state index contributed by atoms with van der Waals surface area (Å²) in [4.78, 5) is 11.8. The average molecular weight is 284 g/mol. The number of carbonyl (C=O) groups excluding carboxylic acids is 1. The predicted molar refractivity (Wildman–Crippen MR) is 75.4 cm³/mol. The van der Waals surface area contributed by atoms with Crippen LogP contribution in [0.1, 0.15) is 26.7 Å². The summed E-state index contributed by atoms with van der Waals surface area (Å²) in [5, 5.41) is 2.71. The van der Waals surface area contributed by atoms with Gasteiger partial charge in [0.2, 0.25) is 5.91 Å². The molecule has 5 nitrogen and oxygen atoms in total. The Hall–Kier alpha value is -1.56. The highest BCUT2D eigenvalue weighted by Gasteiger charge is 2.20. The number of nitrogens with one attached hydrogen (secondary N) is 1. The average Bonchev–Trinajstić information content (AvgIpc) is 2.35. The van der Waals surface area contributed by atoms with Gasteiger partial charge in [-0.1, -0.05) is 19.9 Å². The minimum absolute atomic E-state index is 0.0172. The fourth-order valence-electron chi connectivity index (χ4n) is 1.73. The molecular weight excluding hydrogens is 264 g/mol. The summed E-state index contributed by atoms with van der Waals surface area (Å²) in [5.74, 6) is -1.02. The zero-order valence-electron chi connectivity index (χ0n) is 11.2. The predicted octanol–water partition coefficient (Wildman–Crippen LogP) is 1.35. The molecule has 0 radical (unpaired) electrons. The maximum absolute atomic E-state index is 12.0. The molecule has 0 aromatic heterocycles. The van der Waals surface area contributed by atoms with Gasteiger partial charge in [-0.3, -0.25) is 4.79 Å². The molecule has 1 aromatic rings. The van der Waals surface area contributed by atoms with Crippen molar-refractivity contribution in [2.24, 2.45) is 0 Å². The van der Waals surface area contributed by atoms with E-state index in [-0.39, 0.29) is 10.9 Å². The first-order valence-electron chi connectivity index (χ1n) is 6.26. The van der Waals surface area contributed by atoms with Gasteiger partial charge in [0, 0.05) is 11.7 Å². The van der Waals surface area contributed by atoms with Crippen LogP contribution in [-0.2, 0) is 14.6 Å². The topological polar surface area (TPSA) is 89.3 Å². The molecule has 0 atom stereocenters. The maximum Gasteiger partial charge on any atom is 0.235 e. The summed E-state index contributed by atoms with van der Waals surface area (Å²) < 4.78 is 24.1. The van der Waals surface area contributed by atoms with E-state index in [1.54, 1.807) is 12.1 Å². The lowest BCUT2D eigenvalue weighted by Gasteiger charge is -2.14. The van der Waals surface area contributed by atoms with E-state index in [0.717, 1.165) is 12.8 Å². The summed E-state index contributed by atoms with van der Waals surface area (Å²) >= 11 is 0. The van der Waals surface area contributed by atoms with Crippen LogP contribution < -0.4 is 11.1 Å². The van der Waals surface area contributed by atoms with Crippen LogP contribution in [-0.4, -0.2) is 26.1 Å². The fraction of sp³-hybridized carbons (Fsp3) is 0.462. The highest BCUT2D eigenvalue weighted by atomic mass is 32.2. The molecule has 3 N–H and O–H groups in total. The smallest absolute Gasteiger partial charge is 0.235 e. The van der Waals surface area contributed by atoms with E-state index >= 15 is 0 Å². The second-order valence-electron chi connectivity index (χ2n) is 4.41. The number of rotatable bonds is 6. The van der Waals surface area contributed by atoms with Crippen molar-refractivity contribution in [1.82, 2.24) is 5.32 Å². The number of carbonyl (C=O) groups is 1. The lowest BCUT2D eigenvalue weighted by molar-refractivity contribution is -0.119. The van der Waals surface area contributed by atoms with E-state index in [1.807, 2.05) is 13.8 Å². The highest BCUT2D eigenvalue weighted by Crippen LogP contribution is 2.14. The third-order valence-electron chi connectivity index (χ3n) is 2.89. The normalized spacial score (nSPS) is 11.5. The molecule has 0 saturated carbocycles. The Morgan fingerprint density at radius 1 is 1.32 bits per heavy atom. The van der Waals surface area contributed by atoms with Crippen molar-refractivity contribution >= 4 is 21.4 Å². The number of anilines is 1. The van der Waals surface area contributed by atoms with Gasteiger partial charge in [-0.05, 0) is 31.0 Å². The molecule has 1 rings (SSSR count). The molecule has 19 heavy (non-hydrogen) atoms. The first-order valence-corrected chi connectivity index (χ1v) is 7.92. The number of hydrogen-bond donors (Lipinski definition) is 2. The maximum atomic E-state index is 12.0. The highest BCUT2D eigenvalue weighted by molar-refractivity contribution is 7.92. The van der Waals surface area contributed by atoms with Crippen LogP contribution in [0.5, 0.6) is 0 Å². The number of sulfone groups is 1. The standard InChI is InChI=1S/C13H20N2O3S/c1-3-11(4-2)15-13(16)9-19(17,18)12-7-5-6-10(14)8-12/h5-8,11H,3-4,9,14H2,1-2H3,(H,15,16). The molecule has 106 valence electrons. The van der Waals surface area contributed by atoms with Crippen molar-refractivity contribution in [3.63, 3.8) is 0 Å². The van der Waals surface area contributed by atoms with Crippen LogP contribution in [0.15, 0.2) is 29.2 Å². The van der Waals surface area contributed by atoms with Gasteiger partial charge in [-0.15, -0.1) is 0 Å². The molecule has 1 aromatic carbocycles. The molecule has 0 aliphatic carbocycles. The summed E-state index contributed by atoms with van der Waals surface area (Å²) in [5.41, 5.74) is 5.91. The molecule has 0 fully saturated rings. The Balaban J connectivity index is 2.78. The van der Waals surface area contributed by atoms with Gasteiger partial charge in [0.25, 0.3) is 0 Å². The molecule has 6 heteroatoms. The van der Waals surface area contributed by atoms with Crippen LogP contribution in [0.4, 0.5) is 5.69 Å². The van der Waals surface area contributed by atoms with Crippen molar-refractivity contribution in [3.8, 4) is 0 Å². The van der Waals surface area contributed by atoms with E-state index in [2.05, 4.69) is 5.32 Å². The van der Waals surface area contributed by atoms with Gasteiger partial charge in [0.05, 0.1) is 4.90 Å². The van der Waals surface area contributed by atoms with Crippen LogP contribution in [0.2, 0.25) is 0 Å². The third kappa shape index (κ3) is 4.55. The number of benzene rings is 1. The molecular formula is C13H20N2O3S. The van der Waals surface area contributed by atoms with E-state index < -0.39 is 21.5 Å². The van der Waals surface area contributed by atoms with Gasteiger partial charge in [-0.2, -0.15) is 0 Å². The molecule has 0 heterocycles. The Morgan fingerprint density at radius 3 is 2.47 bits per heavy atom. The first-order chi connectivity index (χ1) is 8.89. The zero-order chi connectivity index (χ0) is 14.5. The van der Waals surface area contributed by atoms with E-state index in [0.29, 0.717) is 5.69 Å². The van der Waals surface area contributed by atoms with Crippen LogP contribution >= 0.6 is 0 Å². The number of nitrogen functional groups attached to an aromatic ring is 1. The van der Waals surface area contributed by atoms with Crippen molar-refractivity contribution in [2.45, 2.75) is 37.6 Å². The Bertz CT molecular complexity index is 537. The minimum Gasteiger partial charge on any atom is -0.399 e. The van der Waals surface area contributed by atoms with Crippen LogP contribution in [0, 0.1) is 0 Å².